The fourth-order valence-electron chi connectivity index (χ4n) is 7.85. The van der Waals surface area contributed by atoms with Gasteiger partial charge in [-0.1, -0.05) is 189 Å². The van der Waals surface area contributed by atoms with E-state index in [0.29, 0.717) is 0 Å². The van der Waals surface area contributed by atoms with Crippen molar-refractivity contribution in [3.05, 3.63) is 188 Å². The summed E-state index contributed by atoms with van der Waals surface area (Å²) in [4.78, 5) is 5.14. The van der Waals surface area contributed by atoms with Crippen LogP contribution >= 0.6 is 0 Å². The number of aromatic nitrogens is 1. The number of rotatable bonds is 6. The van der Waals surface area contributed by atoms with E-state index in [1.807, 2.05) is 0 Å². The molecule has 242 valence electrons. The quantitative estimate of drug-likeness (QED) is 0.161. The van der Waals surface area contributed by atoms with Crippen LogP contribution in [0.3, 0.4) is 0 Å². The largest absolute Gasteiger partial charge is 0.248 e. The average Bonchev–Trinajstić information content (AvgIpc) is 3.45. The van der Waals surface area contributed by atoms with Crippen LogP contribution in [0.15, 0.2) is 188 Å². The lowest BCUT2D eigenvalue weighted by Gasteiger charge is -2.22. The molecular weight excluding hydrogens is 631 g/mol. The van der Waals surface area contributed by atoms with Gasteiger partial charge in [0.1, 0.15) is 8.07 Å². The van der Waals surface area contributed by atoms with Gasteiger partial charge in [0.15, 0.2) is 0 Å². The molecule has 0 saturated heterocycles. The molecule has 0 unspecified atom stereocenters. The van der Waals surface area contributed by atoms with Gasteiger partial charge in [-0.25, -0.2) is 4.98 Å². The molecule has 9 rings (SSSR count). The molecule has 51 heavy (non-hydrogen) atoms. The maximum atomic E-state index is 5.14. The van der Waals surface area contributed by atoms with Gasteiger partial charge in [0.2, 0.25) is 0 Å². The highest BCUT2D eigenvalue weighted by Crippen LogP contribution is 2.35. The summed E-state index contributed by atoms with van der Waals surface area (Å²) in [6.45, 7) is 4.99. The van der Waals surface area contributed by atoms with Gasteiger partial charge in [-0.15, -0.1) is 0 Å². The Hall–Kier alpha value is -6.09. The number of benzene rings is 7. The Labute approximate surface area is 301 Å². The van der Waals surface area contributed by atoms with Gasteiger partial charge in [-0.2, -0.15) is 0 Å². The van der Waals surface area contributed by atoms with Crippen molar-refractivity contribution >= 4 is 18.4 Å². The summed E-state index contributed by atoms with van der Waals surface area (Å²) >= 11 is 0. The molecule has 8 aromatic rings. The van der Waals surface area contributed by atoms with Crippen molar-refractivity contribution in [2.24, 2.45) is 0 Å². The Balaban J connectivity index is 1.03. The number of nitrogens with zero attached hydrogens (tertiary/aromatic N) is 1. The van der Waals surface area contributed by atoms with Crippen molar-refractivity contribution in [1.82, 2.24) is 4.98 Å². The predicted octanol–water partition coefficient (Wildman–Crippen LogP) is 11.9. The fourth-order valence-corrected chi connectivity index (χ4v) is 11.3. The SMILES string of the molecule is C[Si]1(C)c2ccccc2-c2cccc(-c3ccc(-c4ccc(-c5cc(-c6ccccc6)nc(-c6ccc(-c7ccccc7)cc6)c5)cc4)cc3)c21. The highest BCUT2D eigenvalue weighted by molar-refractivity contribution is 7.04. The van der Waals surface area contributed by atoms with Gasteiger partial charge in [0.05, 0.1) is 11.4 Å². The smallest absolute Gasteiger partial charge is 0.114 e. The molecule has 1 aliphatic rings. The van der Waals surface area contributed by atoms with Crippen molar-refractivity contribution < 1.29 is 0 Å². The molecule has 7 aromatic carbocycles. The molecule has 0 bridgehead atoms. The lowest BCUT2D eigenvalue weighted by Crippen LogP contribution is -2.50. The van der Waals surface area contributed by atoms with E-state index in [0.717, 1.165) is 28.1 Å². The Morgan fingerprint density at radius 2 is 0.706 bits per heavy atom. The van der Waals surface area contributed by atoms with Crippen LogP contribution in [0.4, 0.5) is 0 Å². The number of hydrogen-bond acceptors (Lipinski definition) is 1. The van der Waals surface area contributed by atoms with Crippen LogP contribution in [0.25, 0.3) is 78.1 Å². The van der Waals surface area contributed by atoms with Gasteiger partial charge >= 0.3 is 0 Å². The van der Waals surface area contributed by atoms with Gasteiger partial charge in [-0.05, 0) is 78.1 Å². The molecule has 0 spiro atoms. The normalized spacial score (nSPS) is 12.7. The fraction of sp³-hybridized carbons (Fsp3) is 0.0408. The van der Waals surface area contributed by atoms with Crippen LogP contribution in [0.5, 0.6) is 0 Å². The van der Waals surface area contributed by atoms with Crippen LogP contribution in [0, 0.1) is 0 Å². The van der Waals surface area contributed by atoms with Crippen molar-refractivity contribution in [3.8, 4) is 78.1 Å². The van der Waals surface area contributed by atoms with Gasteiger partial charge in [0, 0.05) is 11.1 Å². The lowest BCUT2D eigenvalue weighted by molar-refractivity contribution is 1.32. The second kappa shape index (κ2) is 12.7. The van der Waals surface area contributed by atoms with E-state index < -0.39 is 8.07 Å². The zero-order valence-electron chi connectivity index (χ0n) is 28.8. The summed E-state index contributed by atoms with van der Waals surface area (Å²) in [5.74, 6) is 0. The third-order valence-electron chi connectivity index (χ3n) is 10.5. The number of pyridine rings is 1. The summed E-state index contributed by atoms with van der Waals surface area (Å²) in [7, 11) is -1.80. The monoisotopic (exact) mass is 667 g/mol. The van der Waals surface area contributed by atoms with E-state index in [-0.39, 0.29) is 0 Å². The molecular formula is C49H37NSi. The average molecular weight is 668 g/mol. The first kappa shape index (κ1) is 30.9. The van der Waals surface area contributed by atoms with E-state index >= 15 is 0 Å². The van der Waals surface area contributed by atoms with E-state index in [1.54, 1.807) is 10.4 Å². The van der Waals surface area contributed by atoms with E-state index in [1.165, 1.54) is 50.1 Å². The minimum absolute atomic E-state index is 0.965. The summed E-state index contributed by atoms with van der Waals surface area (Å²) in [6, 6.07) is 68.1. The molecule has 0 N–H and O–H groups in total. The molecule has 2 heteroatoms. The van der Waals surface area contributed by atoms with Crippen LogP contribution in [0.2, 0.25) is 13.1 Å². The van der Waals surface area contributed by atoms with Crippen molar-refractivity contribution in [3.63, 3.8) is 0 Å². The number of hydrogen-bond donors (Lipinski definition) is 0. The summed E-state index contributed by atoms with van der Waals surface area (Å²) in [6.07, 6.45) is 0. The zero-order valence-corrected chi connectivity index (χ0v) is 29.8. The lowest BCUT2D eigenvalue weighted by atomic mass is 9.95. The van der Waals surface area contributed by atoms with E-state index in [9.17, 15) is 0 Å². The zero-order chi connectivity index (χ0) is 34.4. The second-order valence-electron chi connectivity index (χ2n) is 14.0. The highest BCUT2D eigenvalue weighted by Gasteiger charge is 2.39. The molecule has 1 nitrogen and oxygen atoms in total. The first-order chi connectivity index (χ1) is 25.0. The third kappa shape index (κ3) is 5.64. The first-order valence-corrected chi connectivity index (χ1v) is 20.7. The standard InChI is InChI=1S/C49H37NSi/c1-51(2)48-19-10-9-16-44(48)45-18-11-17-43(49(45)51)39-28-24-37(25-29-39)36-20-22-38(23-21-36)42-32-46(40-14-7-4-8-15-40)50-47(33-42)41-30-26-35(27-31-41)34-12-5-3-6-13-34/h3-33H,1-2H3. The molecule has 0 atom stereocenters. The highest BCUT2D eigenvalue weighted by atomic mass is 28.3. The molecule has 2 heterocycles. The minimum atomic E-state index is -1.80. The maximum absolute atomic E-state index is 5.14. The number of fused-ring (bicyclic) bond motifs is 3. The van der Waals surface area contributed by atoms with Crippen LogP contribution < -0.4 is 10.4 Å². The molecule has 0 aliphatic carbocycles. The maximum Gasteiger partial charge on any atom is 0.114 e. The van der Waals surface area contributed by atoms with Crippen LogP contribution in [-0.4, -0.2) is 13.1 Å². The Morgan fingerprint density at radius 3 is 1.29 bits per heavy atom. The Kier molecular flexibility index (Phi) is 7.68. The Morgan fingerprint density at radius 1 is 0.314 bits per heavy atom. The van der Waals surface area contributed by atoms with Gasteiger partial charge in [-0.3, -0.25) is 0 Å². The van der Waals surface area contributed by atoms with Crippen molar-refractivity contribution in [1.29, 1.82) is 0 Å². The second-order valence-corrected chi connectivity index (χ2v) is 18.3. The Bertz CT molecular complexity index is 2500. The summed E-state index contributed by atoms with van der Waals surface area (Å²) in [5.41, 5.74) is 16.8. The molecule has 0 fully saturated rings. The minimum Gasteiger partial charge on any atom is -0.248 e. The van der Waals surface area contributed by atoms with Gasteiger partial charge in [0.25, 0.3) is 0 Å². The molecule has 0 radical (unpaired) electrons. The predicted molar refractivity (Wildman–Crippen MR) is 219 cm³/mol. The molecule has 0 amide bonds. The van der Waals surface area contributed by atoms with E-state index in [2.05, 4.69) is 201 Å². The summed E-state index contributed by atoms with van der Waals surface area (Å²) in [5, 5.41) is 3.10. The van der Waals surface area contributed by atoms with Crippen molar-refractivity contribution in [2.75, 3.05) is 0 Å². The first-order valence-electron chi connectivity index (χ1n) is 17.7. The molecule has 1 aliphatic heterocycles. The van der Waals surface area contributed by atoms with Crippen LogP contribution in [0.1, 0.15) is 0 Å². The topological polar surface area (TPSA) is 12.9 Å². The summed E-state index contributed by atoms with van der Waals surface area (Å²) < 4.78 is 0. The molecule has 1 aromatic heterocycles. The molecule has 0 saturated carbocycles. The van der Waals surface area contributed by atoms with E-state index in [4.69, 9.17) is 4.98 Å². The third-order valence-corrected chi connectivity index (χ3v) is 14.1. The van der Waals surface area contributed by atoms with Crippen molar-refractivity contribution in [2.45, 2.75) is 13.1 Å². The van der Waals surface area contributed by atoms with Gasteiger partial charge < -0.3 is 0 Å². The van der Waals surface area contributed by atoms with Crippen LogP contribution in [-0.2, 0) is 0 Å².